The molecule has 188 valence electrons. The van der Waals surface area contributed by atoms with Crippen LogP contribution in [-0.4, -0.2) is 28.6 Å². The van der Waals surface area contributed by atoms with Crippen molar-refractivity contribution in [3.63, 3.8) is 0 Å². The molecule has 1 fully saturated rings. The summed E-state index contributed by atoms with van der Waals surface area (Å²) in [5, 5.41) is 0.244. The number of hydrogen-bond donors (Lipinski definition) is 0. The lowest BCUT2D eigenvalue weighted by atomic mass is 9.65. The van der Waals surface area contributed by atoms with E-state index in [1.165, 1.54) is 36.0 Å². The fraction of sp³-hybridized carbons (Fsp3) is 0.667. The fourth-order valence-corrected chi connectivity index (χ4v) is 7.76. The average molecular weight is 483 g/mol. The quantitative estimate of drug-likeness (QED) is 0.395. The number of hydrogen-bond acceptors (Lipinski definition) is 3. The van der Waals surface area contributed by atoms with Crippen molar-refractivity contribution < 1.29 is 13.9 Å². The Labute approximate surface area is 209 Å². The van der Waals surface area contributed by atoms with E-state index in [0.29, 0.717) is 17.9 Å². The smallest absolute Gasteiger partial charge is 0.192 e. The van der Waals surface area contributed by atoms with E-state index in [9.17, 15) is 0 Å². The third-order valence-corrected chi connectivity index (χ3v) is 14.0. The summed E-state index contributed by atoms with van der Waals surface area (Å²) in [5.74, 6) is 2.77. The second-order valence-corrected chi connectivity index (χ2v) is 17.6. The summed E-state index contributed by atoms with van der Waals surface area (Å²) in [6.45, 7) is 18.8. The Bertz CT molecular complexity index is 1010. The molecule has 0 N–H and O–H groups in total. The lowest BCUT2D eigenvalue weighted by Crippen LogP contribution is -2.48. The largest absolute Gasteiger partial charge is 0.493 e. The van der Waals surface area contributed by atoms with Crippen molar-refractivity contribution in [2.75, 3.05) is 14.2 Å². The van der Waals surface area contributed by atoms with Gasteiger partial charge in [0.1, 0.15) is 0 Å². The standard InChI is InChI=1S/C30H46O3Si/c1-19(2)23-17-20-11-12-22-21(18-24(20)28(32-8)27(23)31-7)15-16-30(6)25(22)13-14-26(30)33-34(9,10)29(3,4)5/h11-12,17,19,25-26H,13-16,18H2,1-10H3/t25-,26-,30-/m0/s1. The molecule has 3 nitrogen and oxygen atoms in total. The number of fused-ring (bicyclic) bond motifs is 3. The molecule has 3 atom stereocenters. The summed E-state index contributed by atoms with van der Waals surface area (Å²) in [6, 6.07) is 2.33. The van der Waals surface area contributed by atoms with Gasteiger partial charge in [0.25, 0.3) is 0 Å². The first-order chi connectivity index (χ1) is 15.8. The van der Waals surface area contributed by atoms with Crippen LogP contribution in [0.5, 0.6) is 11.5 Å². The van der Waals surface area contributed by atoms with Crippen LogP contribution in [0.15, 0.2) is 23.3 Å². The minimum Gasteiger partial charge on any atom is -0.493 e. The first-order valence-electron chi connectivity index (χ1n) is 13.2. The lowest BCUT2D eigenvalue weighted by Gasteiger charge is -2.46. The normalized spacial score (nSPS) is 26.8. The van der Waals surface area contributed by atoms with Crippen molar-refractivity contribution in [1.82, 2.24) is 0 Å². The van der Waals surface area contributed by atoms with Gasteiger partial charge in [-0.25, -0.2) is 0 Å². The molecule has 0 amide bonds. The maximum Gasteiger partial charge on any atom is 0.192 e. The summed E-state index contributed by atoms with van der Waals surface area (Å²) < 4.78 is 18.9. The Hall–Kier alpha value is -1.52. The summed E-state index contributed by atoms with van der Waals surface area (Å²) in [4.78, 5) is 0. The minimum atomic E-state index is -1.80. The van der Waals surface area contributed by atoms with Gasteiger partial charge in [-0.05, 0) is 84.7 Å². The van der Waals surface area contributed by atoms with Crippen LogP contribution in [0.1, 0.15) is 89.8 Å². The number of rotatable bonds is 5. The van der Waals surface area contributed by atoms with Gasteiger partial charge in [0, 0.05) is 11.1 Å². The molecule has 1 saturated carbocycles. The van der Waals surface area contributed by atoms with Crippen LogP contribution >= 0.6 is 0 Å². The van der Waals surface area contributed by atoms with Crippen molar-refractivity contribution in [2.24, 2.45) is 11.3 Å². The van der Waals surface area contributed by atoms with Gasteiger partial charge in [0.05, 0.1) is 20.3 Å². The van der Waals surface area contributed by atoms with Gasteiger partial charge in [0.15, 0.2) is 19.8 Å². The second-order valence-electron chi connectivity index (χ2n) is 12.8. The fourth-order valence-electron chi connectivity index (χ4n) is 6.31. The monoisotopic (exact) mass is 482 g/mol. The van der Waals surface area contributed by atoms with E-state index in [1.54, 1.807) is 25.4 Å². The van der Waals surface area contributed by atoms with E-state index < -0.39 is 8.32 Å². The predicted octanol–water partition coefficient (Wildman–Crippen LogP) is 8.29. The Morgan fingerprint density at radius 3 is 2.29 bits per heavy atom. The van der Waals surface area contributed by atoms with Gasteiger partial charge < -0.3 is 13.9 Å². The van der Waals surface area contributed by atoms with Crippen LogP contribution in [0.2, 0.25) is 18.1 Å². The Morgan fingerprint density at radius 2 is 1.71 bits per heavy atom. The highest BCUT2D eigenvalue weighted by Gasteiger charge is 2.53. The molecule has 0 aliphatic heterocycles. The highest BCUT2D eigenvalue weighted by Crippen LogP contribution is 2.58. The highest BCUT2D eigenvalue weighted by molar-refractivity contribution is 6.74. The third-order valence-electron chi connectivity index (χ3n) is 9.51. The number of benzene rings is 1. The van der Waals surface area contributed by atoms with Crippen LogP contribution in [0.4, 0.5) is 0 Å². The zero-order valence-corrected chi connectivity index (χ0v) is 24.2. The first kappa shape index (κ1) is 25.6. The zero-order chi connectivity index (χ0) is 25.1. The number of ether oxygens (including phenoxy) is 2. The molecule has 0 spiro atoms. The van der Waals surface area contributed by atoms with E-state index >= 15 is 0 Å². The molecule has 1 aromatic carbocycles. The molecule has 1 aromatic rings. The van der Waals surface area contributed by atoms with Gasteiger partial charge in [-0.3, -0.25) is 0 Å². The molecule has 4 rings (SSSR count). The molecule has 0 aromatic heterocycles. The van der Waals surface area contributed by atoms with Crippen LogP contribution in [0.25, 0.3) is 6.08 Å². The SMILES string of the molecule is COc1c(C(C)C)cc2c(c1OC)CC1=C(C=C2)[C@@H]2CC[C@H](O[Si](C)(C)C(C)(C)C)[C@@]2(C)CC1. The van der Waals surface area contributed by atoms with Gasteiger partial charge in [-0.1, -0.05) is 59.3 Å². The molecule has 3 aliphatic rings. The maximum atomic E-state index is 7.07. The molecular formula is C30H46O3Si. The van der Waals surface area contributed by atoms with Crippen molar-refractivity contribution in [3.05, 3.63) is 40.0 Å². The van der Waals surface area contributed by atoms with Crippen LogP contribution in [0, 0.1) is 11.3 Å². The topological polar surface area (TPSA) is 27.7 Å². The van der Waals surface area contributed by atoms with E-state index in [1.807, 2.05) is 0 Å². The van der Waals surface area contributed by atoms with E-state index in [0.717, 1.165) is 24.3 Å². The van der Waals surface area contributed by atoms with E-state index in [-0.39, 0.29) is 10.5 Å². The van der Waals surface area contributed by atoms with Gasteiger partial charge in [-0.15, -0.1) is 0 Å². The lowest BCUT2D eigenvalue weighted by molar-refractivity contribution is 0.0458. The third kappa shape index (κ3) is 4.09. The molecule has 0 bridgehead atoms. The van der Waals surface area contributed by atoms with Crippen molar-refractivity contribution in [3.8, 4) is 11.5 Å². The maximum absolute atomic E-state index is 7.07. The van der Waals surface area contributed by atoms with Crippen LogP contribution in [0.3, 0.4) is 0 Å². The van der Waals surface area contributed by atoms with E-state index in [4.69, 9.17) is 13.9 Å². The van der Waals surface area contributed by atoms with Crippen molar-refractivity contribution in [1.29, 1.82) is 0 Å². The van der Waals surface area contributed by atoms with Gasteiger partial charge in [-0.2, -0.15) is 0 Å². The highest BCUT2D eigenvalue weighted by atomic mass is 28.4. The molecule has 3 aliphatic carbocycles. The van der Waals surface area contributed by atoms with Crippen molar-refractivity contribution in [2.45, 2.75) is 104 Å². The van der Waals surface area contributed by atoms with Crippen LogP contribution < -0.4 is 9.47 Å². The number of allylic oxidation sites excluding steroid dienone is 3. The minimum absolute atomic E-state index is 0.222. The summed E-state index contributed by atoms with van der Waals surface area (Å²) in [6.07, 6.45) is 10.9. The Morgan fingerprint density at radius 1 is 1.03 bits per heavy atom. The molecule has 0 radical (unpaired) electrons. The van der Waals surface area contributed by atoms with Gasteiger partial charge >= 0.3 is 0 Å². The van der Waals surface area contributed by atoms with Crippen molar-refractivity contribution >= 4 is 14.4 Å². The van der Waals surface area contributed by atoms with Crippen LogP contribution in [-0.2, 0) is 10.8 Å². The summed E-state index contributed by atoms with van der Waals surface area (Å²) in [5.41, 5.74) is 7.16. The molecule has 0 heterocycles. The number of methoxy groups -OCH3 is 2. The molecule has 34 heavy (non-hydrogen) atoms. The molecule has 0 saturated heterocycles. The summed E-state index contributed by atoms with van der Waals surface area (Å²) in [7, 11) is 1.74. The molecule has 0 unspecified atom stereocenters. The second kappa shape index (κ2) is 8.85. The zero-order valence-electron chi connectivity index (χ0n) is 23.2. The van der Waals surface area contributed by atoms with Gasteiger partial charge in [0.2, 0.25) is 0 Å². The first-order valence-corrected chi connectivity index (χ1v) is 16.1. The van der Waals surface area contributed by atoms with E-state index in [2.05, 4.69) is 72.9 Å². The Kier molecular flexibility index (Phi) is 6.65. The predicted molar refractivity (Wildman–Crippen MR) is 146 cm³/mol. The molecule has 4 heteroatoms. The average Bonchev–Trinajstić information content (AvgIpc) is 2.95. The Balaban J connectivity index is 1.71. The molecular weight excluding hydrogens is 436 g/mol. The summed E-state index contributed by atoms with van der Waals surface area (Å²) >= 11 is 0.